The molecule has 0 aliphatic rings. The maximum Gasteiger partial charge on any atom is 0.303 e. The number of hydrogen-bond donors (Lipinski definition) is 1. The van der Waals surface area contributed by atoms with Gasteiger partial charge in [-0.05, 0) is 18.2 Å². The molecule has 1 aromatic carbocycles. The lowest BCUT2D eigenvalue weighted by Crippen LogP contribution is -2.12. The topological polar surface area (TPSA) is 66.3 Å². The predicted octanol–water partition coefficient (Wildman–Crippen LogP) is 2.26. The molecule has 0 aliphatic heterocycles. The van der Waals surface area contributed by atoms with Gasteiger partial charge in [0.25, 0.3) is 0 Å². The molecule has 1 aromatic heterocycles. The summed E-state index contributed by atoms with van der Waals surface area (Å²) in [6.07, 6.45) is 2.03. The van der Waals surface area contributed by atoms with Crippen molar-refractivity contribution in [3.63, 3.8) is 0 Å². The van der Waals surface area contributed by atoms with E-state index < -0.39 is 5.97 Å². The number of carboxylic acids is 1. The molecule has 0 aliphatic carbocycles. The van der Waals surface area contributed by atoms with E-state index in [1.54, 1.807) is 12.3 Å². The van der Waals surface area contributed by atoms with Gasteiger partial charge < -0.3 is 10.0 Å². The molecule has 0 amide bonds. The van der Waals surface area contributed by atoms with Gasteiger partial charge in [-0.3, -0.25) is 4.79 Å². The summed E-state index contributed by atoms with van der Waals surface area (Å²) in [5.74, 6) is 0.453. The maximum atomic E-state index is 10.5. The summed E-state index contributed by atoms with van der Waals surface area (Å²) < 4.78 is 0. The van der Waals surface area contributed by atoms with Crippen LogP contribution in [0.25, 0.3) is 0 Å². The van der Waals surface area contributed by atoms with Crippen molar-refractivity contribution >= 4 is 17.5 Å². The van der Waals surface area contributed by atoms with E-state index >= 15 is 0 Å². The molecular weight excluding hydrogens is 242 g/mol. The quantitative estimate of drug-likeness (QED) is 0.890. The van der Waals surface area contributed by atoms with Gasteiger partial charge >= 0.3 is 5.97 Å². The predicted molar refractivity (Wildman–Crippen MR) is 72.5 cm³/mol. The molecule has 0 atom stereocenters. The average Bonchev–Trinajstić information content (AvgIpc) is 2.45. The van der Waals surface area contributed by atoms with Crippen molar-refractivity contribution in [2.24, 2.45) is 0 Å². The average molecular weight is 257 g/mol. The Labute approximate surface area is 111 Å². The number of aliphatic carboxylic acids is 1. The van der Waals surface area contributed by atoms with Crippen molar-refractivity contribution in [3.8, 4) is 0 Å². The van der Waals surface area contributed by atoms with Crippen LogP contribution in [0, 0.1) is 0 Å². The number of carboxylic acid groups (broad SMARTS) is 1. The van der Waals surface area contributed by atoms with E-state index in [0.29, 0.717) is 12.2 Å². The largest absolute Gasteiger partial charge is 0.481 e. The fourth-order valence-electron chi connectivity index (χ4n) is 1.70. The van der Waals surface area contributed by atoms with Crippen LogP contribution in [0.15, 0.2) is 42.6 Å². The molecule has 1 heterocycles. The summed E-state index contributed by atoms with van der Waals surface area (Å²) in [6, 6.07) is 11.6. The second kappa shape index (κ2) is 5.95. The van der Waals surface area contributed by atoms with Gasteiger partial charge in [-0.25, -0.2) is 9.97 Å². The third kappa shape index (κ3) is 3.51. The minimum absolute atomic E-state index is 0.0402. The third-order valence-corrected chi connectivity index (χ3v) is 2.74. The number of benzene rings is 1. The van der Waals surface area contributed by atoms with Crippen LogP contribution in [0.1, 0.15) is 12.2 Å². The van der Waals surface area contributed by atoms with Crippen LogP contribution < -0.4 is 4.90 Å². The molecule has 5 nitrogen and oxygen atoms in total. The summed E-state index contributed by atoms with van der Waals surface area (Å²) in [4.78, 5) is 20.9. The zero-order valence-electron chi connectivity index (χ0n) is 10.7. The first-order valence-corrected chi connectivity index (χ1v) is 5.99. The van der Waals surface area contributed by atoms with Gasteiger partial charge in [0, 0.05) is 25.4 Å². The van der Waals surface area contributed by atoms with Gasteiger partial charge in [-0.15, -0.1) is 0 Å². The summed E-state index contributed by atoms with van der Waals surface area (Å²) in [5, 5.41) is 8.67. The molecule has 0 spiro atoms. The van der Waals surface area contributed by atoms with Gasteiger partial charge in [0.2, 0.25) is 0 Å². The maximum absolute atomic E-state index is 10.5. The Kier molecular flexibility index (Phi) is 4.07. The SMILES string of the molecule is CN(c1ccccc1)c1ccnc(CCC(=O)O)n1. The lowest BCUT2D eigenvalue weighted by molar-refractivity contribution is -0.137. The van der Waals surface area contributed by atoms with Crippen LogP contribution in [0.5, 0.6) is 0 Å². The number of hydrogen-bond acceptors (Lipinski definition) is 4. The summed E-state index contributed by atoms with van der Waals surface area (Å²) in [6.45, 7) is 0. The highest BCUT2D eigenvalue weighted by atomic mass is 16.4. The van der Waals surface area contributed by atoms with E-state index in [1.807, 2.05) is 42.3 Å². The van der Waals surface area contributed by atoms with Crippen LogP contribution in [0.4, 0.5) is 11.5 Å². The van der Waals surface area contributed by atoms with Crippen molar-refractivity contribution in [2.75, 3.05) is 11.9 Å². The number of rotatable bonds is 5. The van der Waals surface area contributed by atoms with E-state index in [1.165, 1.54) is 0 Å². The van der Waals surface area contributed by atoms with Crippen molar-refractivity contribution < 1.29 is 9.90 Å². The van der Waals surface area contributed by atoms with Gasteiger partial charge in [-0.1, -0.05) is 18.2 Å². The normalized spacial score (nSPS) is 10.2. The molecule has 19 heavy (non-hydrogen) atoms. The lowest BCUT2D eigenvalue weighted by atomic mass is 10.3. The molecule has 0 bridgehead atoms. The fourth-order valence-corrected chi connectivity index (χ4v) is 1.70. The number of para-hydroxylation sites is 1. The van der Waals surface area contributed by atoms with Gasteiger partial charge in [-0.2, -0.15) is 0 Å². The molecule has 1 N–H and O–H groups in total. The van der Waals surface area contributed by atoms with Gasteiger partial charge in [0.1, 0.15) is 11.6 Å². The van der Waals surface area contributed by atoms with E-state index in [0.717, 1.165) is 11.5 Å². The highest BCUT2D eigenvalue weighted by Crippen LogP contribution is 2.20. The molecular formula is C14H15N3O2. The molecule has 5 heteroatoms. The van der Waals surface area contributed by atoms with Crippen molar-refractivity contribution in [1.82, 2.24) is 9.97 Å². The number of anilines is 2. The second-order valence-electron chi connectivity index (χ2n) is 4.12. The third-order valence-electron chi connectivity index (χ3n) is 2.74. The summed E-state index contributed by atoms with van der Waals surface area (Å²) in [5.41, 5.74) is 1.02. The molecule has 0 unspecified atom stereocenters. The number of carbonyl (C=O) groups is 1. The van der Waals surface area contributed by atoms with Gasteiger partial charge in [0.15, 0.2) is 0 Å². The first-order valence-electron chi connectivity index (χ1n) is 5.99. The molecule has 2 rings (SSSR count). The van der Waals surface area contributed by atoms with E-state index in [9.17, 15) is 4.79 Å². The Morgan fingerprint density at radius 1 is 1.26 bits per heavy atom. The summed E-state index contributed by atoms with van der Waals surface area (Å²) in [7, 11) is 1.92. The number of nitrogens with zero attached hydrogens (tertiary/aromatic N) is 3. The Bertz CT molecular complexity index is 558. The minimum Gasteiger partial charge on any atom is -0.481 e. The van der Waals surface area contributed by atoms with Crippen LogP contribution in [0.2, 0.25) is 0 Å². The van der Waals surface area contributed by atoms with Gasteiger partial charge in [0.05, 0.1) is 6.42 Å². The van der Waals surface area contributed by atoms with E-state index in [4.69, 9.17) is 5.11 Å². The molecule has 98 valence electrons. The second-order valence-corrected chi connectivity index (χ2v) is 4.12. The smallest absolute Gasteiger partial charge is 0.303 e. The van der Waals surface area contributed by atoms with E-state index in [2.05, 4.69) is 9.97 Å². The molecule has 0 saturated carbocycles. The van der Waals surface area contributed by atoms with Crippen LogP contribution in [0.3, 0.4) is 0 Å². The zero-order valence-corrected chi connectivity index (χ0v) is 10.7. The highest BCUT2D eigenvalue weighted by Gasteiger charge is 2.07. The van der Waals surface area contributed by atoms with Crippen molar-refractivity contribution in [1.29, 1.82) is 0 Å². The monoisotopic (exact) mass is 257 g/mol. The molecule has 0 radical (unpaired) electrons. The van der Waals surface area contributed by atoms with Crippen LogP contribution in [-0.2, 0) is 11.2 Å². The number of aromatic nitrogens is 2. The zero-order chi connectivity index (χ0) is 13.7. The Morgan fingerprint density at radius 2 is 2.00 bits per heavy atom. The first kappa shape index (κ1) is 13.0. The lowest BCUT2D eigenvalue weighted by Gasteiger charge is -2.18. The number of aryl methyl sites for hydroxylation is 1. The van der Waals surface area contributed by atoms with Crippen LogP contribution >= 0.6 is 0 Å². The van der Waals surface area contributed by atoms with Crippen molar-refractivity contribution in [2.45, 2.75) is 12.8 Å². The molecule has 0 saturated heterocycles. The molecule has 0 fully saturated rings. The minimum atomic E-state index is -0.842. The van der Waals surface area contributed by atoms with E-state index in [-0.39, 0.29) is 6.42 Å². The summed E-state index contributed by atoms with van der Waals surface area (Å²) >= 11 is 0. The molecule has 2 aromatic rings. The first-order chi connectivity index (χ1) is 9.16. The van der Waals surface area contributed by atoms with Crippen molar-refractivity contribution in [3.05, 3.63) is 48.4 Å². The Hall–Kier alpha value is -2.43. The standard InChI is InChI=1S/C14H15N3O2/c1-17(11-5-3-2-4-6-11)13-9-10-15-12(16-13)7-8-14(18)19/h2-6,9-10H,7-8H2,1H3,(H,18,19). The van der Waals surface area contributed by atoms with Crippen LogP contribution in [-0.4, -0.2) is 28.1 Å². The highest BCUT2D eigenvalue weighted by molar-refractivity contribution is 5.67. The fraction of sp³-hybridized carbons (Fsp3) is 0.214. The Morgan fingerprint density at radius 3 is 2.68 bits per heavy atom. The Balaban J connectivity index is 2.16.